The quantitative estimate of drug-likeness (QED) is 0.473. The van der Waals surface area contributed by atoms with Crippen LogP contribution in [0.1, 0.15) is 21.5 Å². The van der Waals surface area contributed by atoms with Crippen molar-refractivity contribution in [1.82, 2.24) is 5.32 Å². The maximum atomic E-state index is 12.8. The van der Waals surface area contributed by atoms with Gasteiger partial charge in [-0.25, -0.2) is 8.42 Å². The maximum Gasteiger partial charge on any atom is 0.263 e. The van der Waals surface area contributed by atoms with Crippen LogP contribution in [0.3, 0.4) is 0 Å². The smallest absolute Gasteiger partial charge is 0.263 e. The van der Waals surface area contributed by atoms with Crippen molar-refractivity contribution in [3.8, 4) is 0 Å². The molecule has 0 saturated heterocycles. The van der Waals surface area contributed by atoms with Crippen molar-refractivity contribution >= 4 is 56.4 Å². The highest BCUT2D eigenvalue weighted by atomic mass is 35.5. The summed E-state index contributed by atoms with van der Waals surface area (Å²) in [5.41, 5.74) is 2.13. The fraction of sp³-hybridized carbons (Fsp3) is 0.0952. The number of nitrogens with one attached hydrogen (secondary N) is 2. The molecule has 2 N–H and O–H groups in total. The van der Waals surface area contributed by atoms with E-state index < -0.39 is 15.9 Å². The minimum absolute atomic E-state index is 0.00690. The summed E-state index contributed by atoms with van der Waals surface area (Å²) in [7, 11) is -3.99. The number of anilines is 1. The average Bonchev–Trinajstić information content (AvgIpc) is 2.67. The normalized spacial score (nSPS) is 11.2. The van der Waals surface area contributed by atoms with Gasteiger partial charge in [0.05, 0.1) is 5.02 Å². The number of halogens is 3. The first-order valence-electron chi connectivity index (χ1n) is 8.77. The molecule has 0 bridgehead atoms. The molecule has 9 heteroatoms. The molecule has 0 fully saturated rings. The number of carbonyl (C=O) groups excluding carboxylic acids is 1. The Balaban J connectivity index is 1.80. The van der Waals surface area contributed by atoms with Gasteiger partial charge in [0.25, 0.3) is 15.9 Å². The van der Waals surface area contributed by atoms with Crippen molar-refractivity contribution in [2.45, 2.75) is 18.4 Å². The van der Waals surface area contributed by atoms with Crippen LogP contribution in [-0.4, -0.2) is 14.3 Å². The van der Waals surface area contributed by atoms with E-state index in [9.17, 15) is 13.2 Å². The lowest BCUT2D eigenvalue weighted by Gasteiger charge is -2.12. The number of rotatable bonds is 6. The largest absolute Gasteiger partial charge is 0.348 e. The van der Waals surface area contributed by atoms with Gasteiger partial charge in [0.15, 0.2) is 0 Å². The molecule has 0 aromatic heterocycles. The molecule has 156 valence electrons. The molecule has 3 rings (SSSR count). The van der Waals surface area contributed by atoms with Crippen molar-refractivity contribution in [2.24, 2.45) is 0 Å². The van der Waals surface area contributed by atoms with Crippen LogP contribution < -0.4 is 10.0 Å². The second-order valence-electron chi connectivity index (χ2n) is 6.54. The molecule has 30 heavy (non-hydrogen) atoms. The molecule has 0 aliphatic heterocycles. The van der Waals surface area contributed by atoms with E-state index in [0.29, 0.717) is 21.3 Å². The Bertz CT molecular complexity index is 1210. The van der Waals surface area contributed by atoms with E-state index >= 15 is 0 Å². The Morgan fingerprint density at radius 2 is 1.70 bits per heavy atom. The number of aryl methyl sites for hydroxylation is 1. The standard InChI is InChI=1S/C21H17Cl3N2O3S/c1-13-3-2-4-17(9-13)26-30(28,29)20-10-14(6-8-18(20)23)21(27)25-12-15-5-7-16(22)11-19(15)24/h2-11,26H,12H2,1H3,(H,25,27). The first-order valence-corrected chi connectivity index (χ1v) is 11.4. The van der Waals surface area contributed by atoms with Crippen LogP contribution in [-0.2, 0) is 16.6 Å². The molecule has 3 aromatic rings. The molecule has 5 nitrogen and oxygen atoms in total. The molecule has 0 spiro atoms. The zero-order chi connectivity index (χ0) is 21.9. The van der Waals surface area contributed by atoms with Crippen LogP contribution >= 0.6 is 34.8 Å². The van der Waals surface area contributed by atoms with E-state index in [0.717, 1.165) is 5.56 Å². The fourth-order valence-electron chi connectivity index (χ4n) is 2.71. The van der Waals surface area contributed by atoms with Crippen LogP contribution in [0.25, 0.3) is 0 Å². The van der Waals surface area contributed by atoms with Crippen LogP contribution in [0.4, 0.5) is 5.69 Å². The zero-order valence-electron chi connectivity index (χ0n) is 15.7. The van der Waals surface area contributed by atoms with Crippen LogP contribution in [0, 0.1) is 6.92 Å². The van der Waals surface area contributed by atoms with Gasteiger partial charge in [0.1, 0.15) is 4.90 Å². The Hall–Kier alpha value is -2.25. The molecular formula is C21H17Cl3N2O3S. The second kappa shape index (κ2) is 9.27. The van der Waals surface area contributed by atoms with Gasteiger partial charge in [0.2, 0.25) is 0 Å². The van der Waals surface area contributed by atoms with E-state index in [-0.39, 0.29) is 22.0 Å². The fourth-order valence-corrected chi connectivity index (χ4v) is 4.76. The molecule has 3 aromatic carbocycles. The van der Waals surface area contributed by atoms with E-state index in [2.05, 4.69) is 10.0 Å². The Morgan fingerprint density at radius 3 is 2.40 bits per heavy atom. The van der Waals surface area contributed by atoms with Gasteiger partial charge in [-0.1, -0.05) is 53.0 Å². The monoisotopic (exact) mass is 482 g/mol. The summed E-state index contributed by atoms with van der Waals surface area (Å²) in [6.45, 7) is 2.00. The average molecular weight is 484 g/mol. The summed E-state index contributed by atoms with van der Waals surface area (Å²) in [5, 5.41) is 3.62. The number of hydrogen-bond donors (Lipinski definition) is 2. The Kier molecular flexibility index (Phi) is 6.93. The third-order valence-corrected chi connectivity index (χ3v) is 6.66. The van der Waals surface area contributed by atoms with E-state index in [1.807, 2.05) is 13.0 Å². The molecule has 0 aliphatic carbocycles. The number of benzene rings is 3. The van der Waals surface area contributed by atoms with Crippen molar-refractivity contribution < 1.29 is 13.2 Å². The number of amides is 1. The minimum Gasteiger partial charge on any atom is -0.348 e. The van der Waals surface area contributed by atoms with Crippen molar-refractivity contribution in [2.75, 3.05) is 4.72 Å². The van der Waals surface area contributed by atoms with Crippen LogP contribution in [0.15, 0.2) is 65.6 Å². The molecule has 0 unspecified atom stereocenters. The predicted molar refractivity (Wildman–Crippen MR) is 121 cm³/mol. The van der Waals surface area contributed by atoms with Gasteiger partial charge < -0.3 is 5.32 Å². The lowest BCUT2D eigenvalue weighted by molar-refractivity contribution is 0.0950. The van der Waals surface area contributed by atoms with Crippen molar-refractivity contribution in [3.63, 3.8) is 0 Å². The van der Waals surface area contributed by atoms with Crippen LogP contribution in [0.2, 0.25) is 15.1 Å². The third kappa shape index (κ3) is 5.46. The molecule has 0 aliphatic rings. The lowest BCUT2D eigenvalue weighted by atomic mass is 10.2. The van der Waals surface area contributed by atoms with E-state index in [1.54, 1.807) is 36.4 Å². The highest BCUT2D eigenvalue weighted by Gasteiger charge is 2.20. The van der Waals surface area contributed by atoms with E-state index in [4.69, 9.17) is 34.8 Å². The molecular weight excluding hydrogens is 467 g/mol. The summed E-state index contributed by atoms with van der Waals surface area (Å²) in [6.07, 6.45) is 0. The molecule has 0 atom stereocenters. The molecule has 0 heterocycles. The van der Waals surface area contributed by atoms with Crippen molar-refractivity contribution in [1.29, 1.82) is 0 Å². The Morgan fingerprint density at radius 1 is 0.933 bits per heavy atom. The number of hydrogen-bond acceptors (Lipinski definition) is 3. The highest BCUT2D eigenvalue weighted by molar-refractivity contribution is 7.92. The maximum absolute atomic E-state index is 12.8. The predicted octanol–water partition coefficient (Wildman–Crippen LogP) is 5.69. The lowest BCUT2D eigenvalue weighted by Crippen LogP contribution is -2.23. The van der Waals surface area contributed by atoms with E-state index in [1.165, 1.54) is 18.2 Å². The van der Waals surface area contributed by atoms with Gasteiger partial charge in [0, 0.05) is 27.8 Å². The zero-order valence-corrected chi connectivity index (χ0v) is 18.8. The summed E-state index contributed by atoms with van der Waals surface area (Å²) < 4.78 is 28.1. The van der Waals surface area contributed by atoms with Gasteiger partial charge in [-0.3, -0.25) is 9.52 Å². The van der Waals surface area contributed by atoms with Gasteiger partial charge in [-0.05, 0) is 60.5 Å². The summed E-state index contributed by atoms with van der Waals surface area (Å²) >= 11 is 18.1. The molecule has 1 amide bonds. The minimum atomic E-state index is -3.99. The van der Waals surface area contributed by atoms with Gasteiger partial charge in [-0.2, -0.15) is 0 Å². The third-order valence-electron chi connectivity index (χ3n) is 4.21. The molecule has 0 radical (unpaired) electrons. The summed E-state index contributed by atoms with van der Waals surface area (Å²) in [4.78, 5) is 12.4. The number of carbonyl (C=O) groups is 1. The summed E-state index contributed by atoms with van der Waals surface area (Å²) in [5.74, 6) is -0.468. The molecule has 0 saturated carbocycles. The number of sulfonamides is 1. The summed E-state index contributed by atoms with van der Waals surface area (Å²) in [6, 6.07) is 15.9. The first-order chi connectivity index (χ1) is 14.2. The SMILES string of the molecule is Cc1cccc(NS(=O)(=O)c2cc(C(=O)NCc3ccc(Cl)cc3Cl)ccc2Cl)c1. The first kappa shape index (κ1) is 22.4. The van der Waals surface area contributed by atoms with Gasteiger partial charge >= 0.3 is 0 Å². The Labute approximate surface area is 190 Å². The second-order valence-corrected chi connectivity index (χ2v) is 9.44. The van der Waals surface area contributed by atoms with Crippen molar-refractivity contribution in [3.05, 3.63) is 92.4 Å². The van der Waals surface area contributed by atoms with Crippen LogP contribution in [0.5, 0.6) is 0 Å². The topological polar surface area (TPSA) is 75.3 Å². The highest BCUT2D eigenvalue weighted by Crippen LogP contribution is 2.26. The van der Waals surface area contributed by atoms with Gasteiger partial charge in [-0.15, -0.1) is 0 Å².